The van der Waals surface area contributed by atoms with Crippen LogP contribution in [0.5, 0.6) is 0 Å². The maximum Gasteiger partial charge on any atom is 0.123 e. The number of thiazole rings is 1. The Bertz CT molecular complexity index is 542. The van der Waals surface area contributed by atoms with Crippen LogP contribution in [0.3, 0.4) is 0 Å². The van der Waals surface area contributed by atoms with Crippen molar-refractivity contribution in [1.29, 1.82) is 0 Å². The summed E-state index contributed by atoms with van der Waals surface area (Å²) >= 11 is 11.2. The lowest BCUT2D eigenvalue weighted by Gasteiger charge is -2.08. The van der Waals surface area contributed by atoms with Crippen LogP contribution in [0.15, 0.2) is 28.9 Å². The predicted molar refractivity (Wildman–Crippen MR) is 82.4 cm³/mol. The topological polar surface area (TPSA) is 24.9 Å². The van der Waals surface area contributed by atoms with Crippen molar-refractivity contribution in [3.8, 4) is 10.6 Å². The lowest BCUT2D eigenvalue weighted by Crippen LogP contribution is -2.16. The fraction of sp³-hybridized carbons (Fsp3) is 0.308. The number of hydrogen-bond acceptors (Lipinski definition) is 3. The summed E-state index contributed by atoms with van der Waals surface area (Å²) in [6.07, 6.45) is 1.93. The van der Waals surface area contributed by atoms with Gasteiger partial charge in [0.05, 0.1) is 5.02 Å². The van der Waals surface area contributed by atoms with Crippen molar-refractivity contribution in [2.75, 3.05) is 6.54 Å². The molecule has 0 aliphatic heterocycles. The Morgan fingerprint density at radius 3 is 2.94 bits per heavy atom. The van der Waals surface area contributed by atoms with Crippen LogP contribution in [0, 0.1) is 0 Å². The van der Waals surface area contributed by atoms with Gasteiger partial charge in [-0.15, -0.1) is 11.3 Å². The van der Waals surface area contributed by atoms with Crippen molar-refractivity contribution < 1.29 is 0 Å². The van der Waals surface area contributed by atoms with E-state index in [4.69, 9.17) is 11.6 Å². The Hall–Kier alpha value is -0.420. The Kier molecular flexibility index (Phi) is 4.78. The molecule has 0 saturated heterocycles. The third-order valence-electron chi connectivity index (χ3n) is 2.63. The third-order valence-corrected chi connectivity index (χ3v) is 5.09. The van der Waals surface area contributed by atoms with Crippen LogP contribution in [0.4, 0.5) is 0 Å². The van der Waals surface area contributed by atoms with Gasteiger partial charge >= 0.3 is 0 Å². The first-order valence-electron chi connectivity index (χ1n) is 5.76. The zero-order valence-electron chi connectivity index (χ0n) is 10.2. The Balaban J connectivity index is 2.26. The minimum Gasteiger partial charge on any atom is -0.310 e. The molecular weight excluding hydrogens is 332 g/mol. The van der Waals surface area contributed by atoms with Crippen LogP contribution in [-0.4, -0.2) is 11.5 Å². The number of aromatic nitrogens is 1. The van der Waals surface area contributed by atoms with E-state index in [0.717, 1.165) is 21.6 Å². The Labute approximate surface area is 125 Å². The normalized spacial score (nSPS) is 12.7. The maximum atomic E-state index is 6.10. The molecule has 0 aliphatic rings. The largest absolute Gasteiger partial charge is 0.310 e. The van der Waals surface area contributed by atoms with E-state index in [1.807, 2.05) is 24.4 Å². The molecule has 0 spiro atoms. The van der Waals surface area contributed by atoms with Gasteiger partial charge in [-0.1, -0.05) is 24.6 Å². The molecule has 0 saturated carbocycles. The summed E-state index contributed by atoms with van der Waals surface area (Å²) in [6, 6.07) is 6.25. The molecule has 0 aliphatic carbocycles. The summed E-state index contributed by atoms with van der Waals surface area (Å²) < 4.78 is 0.908. The lowest BCUT2D eigenvalue weighted by atomic mass is 10.2. The summed E-state index contributed by atoms with van der Waals surface area (Å²) in [5.74, 6) is 0. The summed E-state index contributed by atoms with van der Waals surface area (Å²) in [6.45, 7) is 5.21. The van der Waals surface area contributed by atoms with Gasteiger partial charge in [0.25, 0.3) is 0 Å². The average Bonchev–Trinajstić information content (AvgIpc) is 2.82. The maximum absolute atomic E-state index is 6.10. The van der Waals surface area contributed by atoms with Crippen LogP contribution < -0.4 is 5.32 Å². The highest BCUT2D eigenvalue weighted by Gasteiger charge is 2.10. The van der Waals surface area contributed by atoms with Gasteiger partial charge in [0.15, 0.2) is 0 Å². The Morgan fingerprint density at radius 1 is 1.50 bits per heavy atom. The predicted octanol–water partition coefficient (Wildman–Crippen LogP) is 4.90. The number of nitrogens with zero attached hydrogens (tertiary/aromatic N) is 1. The molecule has 18 heavy (non-hydrogen) atoms. The van der Waals surface area contributed by atoms with E-state index >= 15 is 0 Å². The van der Waals surface area contributed by atoms with Gasteiger partial charge in [-0.25, -0.2) is 4.98 Å². The number of hydrogen-bond donors (Lipinski definition) is 1. The van der Waals surface area contributed by atoms with Gasteiger partial charge in [0, 0.05) is 27.2 Å². The molecule has 0 bridgehead atoms. The second-order valence-corrected chi connectivity index (χ2v) is 6.30. The van der Waals surface area contributed by atoms with E-state index in [1.54, 1.807) is 11.3 Å². The van der Waals surface area contributed by atoms with Crippen molar-refractivity contribution in [2.24, 2.45) is 0 Å². The highest BCUT2D eigenvalue weighted by molar-refractivity contribution is 9.10. The molecule has 1 atom stereocenters. The minimum atomic E-state index is 0.340. The number of nitrogens with one attached hydrogen (secondary N) is 1. The van der Waals surface area contributed by atoms with Gasteiger partial charge in [-0.3, -0.25) is 0 Å². The second-order valence-electron chi connectivity index (χ2n) is 3.98. The Morgan fingerprint density at radius 2 is 2.28 bits per heavy atom. The summed E-state index contributed by atoms with van der Waals surface area (Å²) in [5.41, 5.74) is 1.06. The number of rotatable bonds is 4. The molecule has 2 nitrogen and oxygen atoms in total. The van der Waals surface area contributed by atoms with Gasteiger partial charge in [0.1, 0.15) is 5.01 Å². The fourth-order valence-corrected chi connectivity index (χ4v) is 3.02. The highest BCUT2D eigenvalue weighted by atomic mass is 79.9. The molecule has 1 aromatic carbocycles. The van der Waals surface area contributed by atoms with E-state index in [2.05, 4.69) is 40.1 Å². The molecule has 96 valence electrons. The van der Waals surface area contributed by atoms with Crippen LogP contribution in [0.2, 0.25) is 5.02 Å². The highest BCUT2D eigenvalue weighted by Crippen LogP contribution is 2.32. The lowest BCUT2D eigenvalue weighted by molar-refractivity contribution is 0.606. The summed E-state index contributed by atoms with van der Waals surface area (Å²) in [5, 5.41) is 5.10. The molecule has 1 unspecified atom stereocenters. The average molecular weight is 346 g/mol. The first kappa shape index (κ1) is 14.0. The van der Waals surface area contributed by atoms with Crippen LogP contribution >= 0.6 is 38.9 Å². The molecular formula is C13H14BrClN2S. The van der Waals surface area contributed by atoms with Crippen molar-refractivity contribution in [1.82, 2.24) is 10.3 Å². The first-order valence-corrected chi connectivity index (χ1v) is 7.75. The van der Waals surface area contributed by atoms with E-state index in [1.165, 1.54) is 4.88 Å². The molecule has 0 fully saturated rings. The van der Waals surface area contributed by atoms with E-state index in [0.29, 0.717) is 11.1 Å². The van der Waals surface area contributed by atoms with Gasteiger partial charge in [-0.05, 0) is 41.5 Å². The molecule has 1 aromatic heterocycles. The zero-order chi connectivity index (χ0) is 13.1. The van der Waals surface area contributed by atoms with Crippen molar-refractivity contribution in [2.45, 2.75) is 19.9 Å². The number of halogens is 2. The number of benzene rings is 1. The minimum absolute atomic E-state index is 0.340. The zero-order valence-corrected chi connectivity index (χ0v) is 13.4. The van der Waals surface area contributed by atoms with Gasteiger partial charge < -0.3 is 5.32 Å². The molecule has 0 radical (unpaired) electrons. The summed E-state index contributed by atoms with van der Waals surface area (Å²) in [7, 11) is 0. The summed E-state index contributed by atoms with van der Waals surface area (Å²) in [4.78, 5) is 5.71. The van der Waals surface area contributed by atoms with Crippen molar-refractivity contribution in [3.63, 3.8) is 0 Å². The van der Waals surface area contributed by atoms with E-state index in [-0.39, 0.29) is 0 Å². The molecule has 1 N–H and O–H groups in total. The van der Waals surface area contributed by atoms with E-state index in [9.17, 15) is 0 Å². The van der Waals surface area contributed by atoms with Crippen LogP contribution in [0.1, 0.15) is 24.8 Å². The molecule has 2 aromatic rings. The molecule has 1 heterocycles. The monoisotopic (exact) mass is 344 g/mol. The van der Waals surface area contributed by atoms with Crippen LogP contribution in [0.25, 0.3) is 10.6 Å². The third kappa shape index (κ3) is 3.12. The standard InChI is InChI=1S/C13H14BrClN2S/c1-3-16-8(2)12-7-17-13(18-12)9-4-5-10(14)11(15)6-9/h4-8,16H,3H2,1-2H3. The SMILES string of the molecule is CCNC(C)c1cnc(-c2ccc(Br)c(Cl)c2)s1. The van der Waals surface area contributed by atoms with Crippen molar-refractivity contribution in [3.05, 3.63) is 38.8 Å². The fourth-order valence-electron chi connectivity index (χ4n) is 1.66. The first-order chi connectivity index (χ1) is 8.61. The molecule has 5 heteroatoms. The van der Waals surface area contributed by atoms with Crippen molar-refractivity contribution >= 4 is 38.9 Å². The van der Waals surface area contributed by atoms with Gasteiger partial charge in [-0.2, -0.15) is 0 Å². The quantitative estimate of drug-likeness (QED) is 0.852. The van der Waals surface area contributed by atoms with Crippen LogP contribution in [-0.2, 0) is 0 Å². The van der Waals surface area contributed by atoms with E-state index < -0.39 is 0 Å². The second kappa shape index (κ2) is 6.15. The smallest absolute Gasteiger partial charge is 0.123 e. The molecule has 2 rings (SSSR count). The van der Waals surface area contributed by atoms with Gasteiger partial charge in [0.2, 0.25) is 0 Å². The molecule has 0 amide bonds.